The van der Waals surface area contributed by atoms with E-state index < -0.39 is 68.6 Å². The van der Waals surface area contributed by atoms with E-state index in [1.54, 1.807) is 4.90 Å². The van der Waals surface area contributed by atoms with Crippen molar-refractivity contribution in [3.63, 3.8) is 0 Å². The summed E-state index contributed by atoms with van der Waals surface area (Å²) in [6.07, 6.45) is 8.65. The van der Waals surface area contributed by atoms with Crippen LogP contribution in [0.3, 0.4) is 0 Å². The first-order valence-corrected chi connectivity index (χ1v) is 19.0. The molecule has 3 aliphatic carbocycles. The highest BCUT2D eigenvalue weighted by molar-refractivity contribution is 7.89. The molecule has 0 aromatic rings. The summed E-state index contributed by atoms with van der Waals surface area (Å²) < 4.78 is 27.0. The molecule has 0 spiro atoms. The number of fused-ring (bicyclic) bond motifs is 1. The summed E-state index contributed by atoms with van der Waals surface area (Å²) in [4.78, 5) is 69.3. The lowest BCUT2D eigenvalue weighted by atomic mass is 9.83. The zero-order chi connectivity index (χ0) is 34.7. The molecular formula is C33H56N6O7S. The summed E-state index contributed by atoms with van der Waals surface area (Å²) in [5.74, 6) is -2.43. The molecule has 5 atom stereocenters. The van der Waals surface area contributed by atoms with Crippen molar-refractivity contribution < 1.29 is 32.4 Å². The van der Waals surface area contributed by atoms with E-state index >= 15 is 0 Å². The minimum atomic E-state index is -3.62. The average molecular weight is 681 g/mol. The van der Waals surface area contributed by atoms with Crippen LogP contribution in [0.25, 0.3) is 0 Å². The van der Waals surface area contributed by atoms with Gasteiger partial charge in [-0.05, 0) is 62.2 Å². The zero-order valence-electron chi connectivity index (χ0n) is 29.0. The Kier molecular flexibility index (Phi) is 11.7. The van der Waals surface area contributed by atoms with Crippen molar-refractivity contribution in [1.29, 1.82) is 0 Å². The molecule has 4 fully saturated rings. The molecule has 1 saturated heterocycles. The lowest BCUT2D eigenvalue weighted by Crippen LogP contribution is -2.63. The molecule has 5 amide bonds. The van der Waals surface area contributed by atoms with E-state index in [1.807, 2.05) is 27.7 Å². The van der Waals surface area contributed by atoms with Crippen LogP contribution in [0.2, 0.25) is 0 Å². The third kappa shape index (κ3) is 9.04. The topological polar surface area (TPSA) is 174 Å². The van der Waals surface area contributed by atoms with Gasteiger partial charge in [-0.15, -0.1) is 0 Å². The third-order valence-corrected chi connectivity index (χ3v) is 12.4. The molecule has 4 N–H and O–H groups in total. The number of ketones is 1. The summed E-state index contributed by atoms with van der Waals surface area (Å²) in [6.45, 7) is 7.74. The largest absolute Gasteiger partial charge is 0.347 e. The zero-order valence-corrected chi connectivity index (χ0v) is 29.8. The van der Waals surface area contributed by atoms with Crippen molar-refractivity contribution in [3.05, 3.63) is 0 Å². The number of urea groups is 1. The number of sulfonamides is 1. The number of hydrogen-bond donors (Lipinski definition) is 4. The number of carbonyl (C=O) groups excluding carboxylic acids is 5. The fourth-order valence-electron chi connectivity index (χ4n) is 7.56. The van der Waals surface area contributed by atoms with Crippen LogP contribution in [-0.2, 0) is 29.2 Å². The van der Waals surface area contributed by atoms with Crippen molar-refractivity contribution in [2.24, 2.45) is 17.3 Å². The van der Waals surface area contributed by atoms with Gasteiger partial charge < -0.3 is 26.2 Å². The highest BCUT2D eigenvalue weighted by Gasteiger charge is 2.52. The molecule has 0 bridgehead atoms. The van der Waals surface area contributed by atoms with Gasteiger partial charge in [-0.3, -0.25) is 19.2 Å². The van der Waals surface area contributed by atoms with Crippen LogP contribution < -0.4 is 21.3 Å². The number of carbonyl (C=O) groups is 5. The molecule has 3 saturated carbocycles. The fourth-order valence-corrected chi connectivity index (χ4v) is 8.88. The molecule has 0 aromatic heterocycles. The number of amides is 5. The summed E-state index contributed by atoms with van der Waals surface area (Å²) >= 11 is 0. The molecule has 1 heterocycles. The van der Waals surface area contributed by atoms with Gasteiger partial charge in [0.1, 0.15) is 12.1 Å². The lowest BCUT2D eigenvalue weighted by molar-refractivity contribution is -0.144. The van der Waals surface area contributed by atoms with E-state index in [1.165, 1.54) is 14.1 Å². The molecule has 47 heavy (non-hydrogen) atoms. The van der Waals surface area contributed by atoms with Crippen LogP contribution in [0.1, 0.15) is 105 Å². The Bertz CT molecular complexity index is 1300. The molecule has 4 aliphatic rings. The van der Waals surface area contributed by atoms with Crippen molar-refractivity contribution in [3.8, 4) is 0 Å². The third-order valence-electron chi connectivity index (χ3n) is 10.4. The molecular weight excluding hydrogens is 624 g/mol. The number of rotatable bonds is 13. The summed E-state index contributed by atoms with van der Waals surface area (Å²) in [7, 11) is -0.673. The van der Waals surface area contributed by atoms with Gasteiger partial charge in [-0.2, -0.15) is 0 Å². The predicted octanol–water partition coefficient (Wildman–Crippen LogP) is 2.05. The van der Waals surface area contributed by atoms with Crippen LogP contribution in [-0.4, -0.2) is 103 Å². The van der Waals surface area contributed by atoms with E-state index in [4.69, 9.17) is 0 Å². The van der Waals surface area contributed by atoms with Crippen LogP contribution in [0.15, 0.2) is 0 Å². The van der Waals surface area contributed by atoms with Crippen LogP contribution in [0, 0.1) is 17.3 Å². The standard InChI is InChI=1S/C33H56N6O7S/c1-7-12-24(26(40)29(42)34-22-15-16-22)35-28(41)25-23-14-11-13-21(23)19-39(25)30(43)27(32(2,3)4)36-31(44)37-33(17-9-8-10-18-33)20-47(45,46)38(5)6/h21-25,27H,7-20H2,1-6H3,(H,34,42)(H,35,41)(H2,36,37,44)/t21-,23-,24-,25-,27+/m0/s1. The second-order valence-electron chi connectivity index (χ2n) is 15.5. The minimum Gasteiger partial charge on any atom is -0.347 e. The van der Waals surface area contributed by atoms with Gasteiger partial charge in [0.15, 0.2) is 0 Å². The van der Waals surface area contributed by atoms with Gasteiger partial charge in [-0.25, -0.2) is 17.5 Å². The Morgan fingerprint density at radius 2 is 1.60 bits per heavy atom. The smallest absolute Gasteiger partial charge is 0.315 e. The number of nitrogens with zero attached hydrogens (tertiary/aromatic N) is 2. The van der Waals surface area contributed by atoms with Gasteiger partial charge in [-0.1, -0.05) is 59.8 Å². The molecule has 13 nitrogen and oxygen atoms in total. The molecule has 0 radical (unpaired) electrons. The second kappa shape index (κ2) is 14.8. The number of nitrogens with one attached hydrogen (secondary N) is 4. The van der Waals surface area contributed by atoms with Crippen molar-refractivity contribution >= 4 is 39.6 Å². The molecule has 4 rings (SSSR count). The number of Topliss-reactive ketones (excluding diaryl/α,β-unsaturated/α-hetero) is 1. The molecule has 14 heteroatoms. The maximum absolute atomic E-state index is 14.4. The Morgan fingerprint density at radius 1 is 0.936 bits per heavy atom. The Hall–Kier alpha value is -2.74. The van der Waals surface area contributed by atoms with Crippen molar-refractivity contribution in [2.45, 2.75) is 134 Å². The quantitative estimate of drug-likeness (QED) is 0.216. The van der Waals surface area contributed by atoms with Gasteiger partial charge in [0.25, 0.3) is 5.91 Å². The highest BCUT2D eigenvalue weighted by atomic mass is 32.2. The van der Waals surface area contributed by atoms with Crippen molar-refractivity contribution in [1.82, 2.24) is 30.5 Å². The van der Waals surface area contributed by atoms with Gasteiger partial charge in [0, 0.05) is 26.7 Å². The first-order chi connectivity index (χ1) is 22.0. The SMILES string of the molecule is CCC[C@H](NC(=O)[C@@H]1[C@H]2CCC[C@H]2CN1C(=O)[C@@H](NC(=O)NC1(CS(=O)(=O)N(C)C)CCCCC1)C(C)(C)C)C(=O)C(=O)NC1CC1. The van der Waals surface area contributed by atoms with Crippen molar-refractivity contribution in [2.75, 3.05) is 26.4 Å². The summed E-state index contributed by atoms with van der Waals surface area (Å²) in [5.41, 5.74) is -1.71. The maximum atomic E-state index is 14.4. The van der Waals surface area contributed by atoms with Gasteiger partial charge in [0.2, 0.25) is 27.6 Å². The van der Waals surface area contributed by atoms with E-state index in [9.17, 15) is 32.4 Å². The van der Waals surface area contributed by atoms with E-state index in [-0.39, 0.29) is 23.6 Å². The van der Waals surface area contributed by atoms with E-state index in [0.717, 1.165) is 55.7 Å². The van der Waals surface area contributed by atoms with Crippen LogP contribution in [0.4, 0.5) is 4.79 Å². The van der Waals surface area contributed by atoms with Crippen LogP contribution in [0.5, 0.6) is 0 Å². The fraction of sp³-hybridized carbons (Fsp3) is 0.848. The summed E-state index contributed by atoms with van der Waals surface area (Å²) in [5, 5.41) is 11.4. The maximum Gasteiger partial charge on any atom is 0.315 e. The van der Waals surface area contributed by atoms with E-state index in [2.05, 4.69) is 21.3 Å². The minimum absolute atomic E-state index is 0.0102. The molecule has 0 unspecified atom stereocenters. The number of likely N-dealkylation sites (tertiary alicyclic amines) is 1. The first kappa shape index (κ1) is 37.1. The lowest BCUT2D eigenvalue weighted by Gasteiger charge is -2.40. The predicted molar refractivity (Wildman–Crippen MR) is 178 cm³/mol. The van der Waals surface area contributed by atoms with Gasteiger partial charge in [0.05, 0.1) is 17.3 Å². The molecule has 0 aromatic carbocycles. The monoisotopic (exact) mass is 680 g/mol. The number of hydrogen-bond acceptors (Lipinski definition) is 7. The normalized spacial score (nSPS) is 25.4. The summed E-state index contributed by atoms with van der Waals surface area (Å²) in [6, 6.07) is -3.45. The molecule has 1 aliphatic heterocycles. The first-order valence-electron chi connectivity index (χ1n) is 17.4. The molecule has 266 valence electrons. The Morgan fingerprint density at radius 3 is 2.17 bits per heavy atom. The second-order valence-corrected chi connectivity index (χ2v) is 17.7. The Balaban J connectivity index is 1.53. The average Bonchev–Trinajstić information content (AvgIpc) is 3.54. The van der Waals surface area contributed by atoms with Gasteiger partial charge >= 0.3 is 6.03 Å². The van der Waals surface area contributed by atoms with Crippen LogP contribution >= 0.6 is 0 Å². The highest BCUT2D eigenvalue weighted by Crippen LogP contribution is 2.43. The van der Waals surface area contributed by atoms with E-state index in [0.29, 0.717) is 32.2 Å². The Labute approximate surface area is 280 Å².